The van der Waals surface area contributed by atoms with Gasteiger partial charge in [0.1, 0.15) is 0 Å². The molecular formula is C3H6NOS-. The Morgan fingerprint density at radius 2 is 2.50 bits per heavy atom. The van der Waals surface area contributed by atoms with E-state index < -0.39 is 0 Å². The maximum Gasteiger partial charge on any atom is 0.0644 e. The molecule has 0 rings (SSSR count). The molecule has 0 aliphatic carbocycles. The predicted octanol–water partition coefficient (Wildman–Crippen LogP) is 0.811. The molecule has 36 valence electrons. The topological polar surface area (TPSA) is 35.1 Å². The van der Waals surface area contributed by atoms with Gasteiger partial charge in [-0.2, -0.15) is 0 Å². The molecule has 0 saturated heterocycles. The molecule has 0 atom stereocenters. The Bertz CT molecular complexity index is 48.8. The van der Waals surface area contributed by atoms with E-state index in [1.807, 2.05) is 6.92 Å². The van der Waals surface area contributed by atoms with Gasteiger partial charge in [-0.3, -0.25) is 0 Å². The van der Waals surface area contributed by atoms with Gasteiger partial charge in [-0.1, -0.05) is 19.1 Å². The fourth-order valence-corrected chi connectivity index (χ4v) is 0.0722. The van der Waals surface area contributed by atoms with Gasteiger partial charge in [0.25, 0.3) is 0 Å². The summed E-state index contributed by atoms with van der Waals surface area (Å²) in [5.74, 6) is 0. The number of thiocarbonyl (C=S) groups is 1. The molecule has 0 aliphatic rings. The van der Waals surface area contributed by atoms with Crippen molar-refractivity contribution >= 4 is 17.2 Å². The van der Waals surface area contributed by atoms with E-state index in [1.54, 1.807) is 5.48 Å². The third-order valence-electron chi connectivity index (χ3n) is 0.435. The second kappa shape index (κ2) is 3.06. The normalized spacial score (nSPS) is 7.67. The van der Waals surface area contributed by atoms with Gasteiger partial charge >= 0.3 is 0 Å². The molecule has 6 heavy (non-hydrogen) atoms. The summed E-state index contributed by atoms with van der Waals surface area (Å²) in [6, 6.07) is 0. The second-order valence-corrected chi connectivity index (χ2v) is 1.37. The highest BCUT2D eigenvalue weighted by molar-refractivity contribution is 7.80. The number of nitrogens with one attached hydrogen (secondary N) is 1. The highest BCUT2D eigenvalue weighted by Gasteiger charge is 1.74. The first kappa shape index (κ1) is 5.85. The molecule has 0 radical (unpaired) electrons. The molecule has 0 unspecified atom stereocenters. The van der Waals surface area contributed by atoms with Gasteiger partial charge in [0.15, 0.2) is 0 Å². The van der Waals surface area contributed by atoms with Crippen LogP contribution in [0.4, 0.5) is 0 Å². The molecular weight excluding hydrogens is 98.1 g/mol. The first-order chi connectivity index (χ1) is 2.81. The van der Waals surface area contributed by atoms with Crippen molar-refractivity contribution < 1.29 is 0 Å². The van der Waals surface area contributed by atoms with Crippen molar-refractivity contribution in [3.63, 3.8) is 0 Å². The van der Waals surface area contributed by atoms with E-state index in [9.17, 15) is 5.21 Å². The molecule has 2 nitrogen and oxygen atoms in total. The van der Waals surface area contributed by atoms with Crippen molar-refractivity contribution in [2.24, 2.45) is 0 Å². The van der Waals surface area contributed by atoms with E-state index in [4.69, 9.17) is 0 Å². The Kier molecular flexibility index (Phi) is 2.98. The number of hydrogen-bond acceptors (Lipinski definition) is 2. The summed E-state index contributed by atoms with van der Waals surface area (Å²) in [4.78, 5) is 0.370. The van der Waals surface area contributed by atoms with E-state index in [-0.39, 0.29) is 0 Å². The van der Waals surface area contributed by atoms with Crippen LogP contribution in [-0.2, 0) is 0 Å². The Morgan fingerprint density at radius 1 is 2.00 bits per heavy atom. The molecule has 1 N–H and O–H groups in total. The quantitative estimate of drug-likeness (QED) is 0.395. The zero-order chi connectivity index (χ0) is 4.99. The summed E-state index contributed by atoms with van der Waals surface area (Å²) < 4.78 is 0. The van der Waals surface area contributed by atoms with Gasteiger partial charge in [-0.25, -0.2) is 0 Å². The largest absolute Gasteiger partial charge is 0.761 e. The smallest absolute Gasteiger partial charge is 0.0644 e. The summed E-state index contributed by atoms with van der Waals surface area (Å²) in [6.45, 7) is 1.83. The SMILES string of the molecule is CCC(=S)N[O-]. The highest BCUT2D eigenvalue weighted by Crippen LogP contribution is 1.74. The van der Waals surface area contributed by atoms with Crippen LogP contribution in [0.3, 0.4) is 0 Å². The van der Waals surface area contributed by atoms with E-state index in [0.717, 1.165) is 0 Å². The molecule has 0 saturated carbocycles. The zero-order valence-electron chi connectivity index (χ0n) is 3.52. The Morgan fingerprint density at radius 3 is 2.50 bits per heavy atom. The van der Waals surface area contributed by atoms with Gasteiger partial charge in [-0.15, -0.1) is 0 Å². The van der Waals surface area contributed by atoms with E-state index in [2.05, 4.69) is 12.2 Å². The summed E-state index contributed by atoms with van der Waals surface area (Å²) in [5, 5.41) is 9.47. The van der Waals surface area contributed by atoms with Crippen LogP contribution in [-0.4, -0.2) is 4.99 Å². The summed E-state index contributed by atoms with van der Waals surface area (Å²) in [7, 11) is 0. The van der Waals surface area contributed by atoms with Gasteiger partial charge in [0.05, 0.1) is 4.99 Å². The molecule has 0 spiro atoms. The lowest BCUT2D eigenvalue weighted by atomic mass is 10.5. The van der Waals surface area contributed by atoms with Crippen molar-refractivity contribution in [3.05, 3.63) is 5.21 Å². The van der Waals surface area contributed by atoms with Gasteiger partial charge in [0, 0.05) is 0 Å². The van der Waals surface area contributed by atoms with E-state index in [1.165, 1.54) is 0 Å². The summed E-state index contributed by atoms with van der Waals surface area (Å²) in [6.07, 6.45) is 0.638. The van der Waals surface area contributed by atoms with E-state index >= 15 is 0 Å². The minimum absolute atomic E-state index is 0.370. The minimum Gasteiger partial charge on any atom is -0.761 e. The highest BCUT2D eigenvalue weighted by atomic mass is 32.1. The molecule has 0 aromatic carbocycles. The maximum absolute atomic E-state index is 9.47. The lowest BCUT2D eigenvalue weighted by Crippen LogP contribution is -2.10. The Labute approximate surface area is 42.1 Å². The van der Waals surface area contributed by atoms with E-state index in [0.29, 0.717) is 11.4 Å². The third kappa shape index (κ3) is 2.11. The first-order valence-corrected chi connectivity index (χ1v) is 2.13. The third-order valence-corrected chi connectivity index (χ3v) is 0.807. The number of hydrogen-bond donors (Lipinski definition) is 1. The van der Waals surface area contributed by atoms with Crippen molar-refractivity contribution in [3.8, 4) is 0 Å². The van der Waals surface area contributed by atoms with Crippen LogP contribution >= 0.6 is 12.2 Å². The molecule has 0 aliphatic heterocycles. The standard InChI is InChI=1S/C3H6NOS/c1-2-3(6)4-5/h2H2,1H3,(H-,4,5,6)/q-1. The van der Waals surface area contributed by atoms with Crippen LogP contribution < -0.4 is 5.48 Å². The van der Waals surface area contributed by atoms with Crippen LogP contribution in [0.15, 0.2) is 0 Å². The lowest BCUT2D eigenvalue weighted by Gasteiger charge is -2.05. The van der Waals surface area contributed by atoms with Crippen molar-refractivity contribution in [1.82, 2.24) is 5.48 Å². The minimum atomic E-state index is 0.370. The molecule has 0 amide bonds. The number of rotatable bonds is 1. The van der Waals surface area contributed by atoms with Crippen LogP contribution in [0.1, 0.15) is 13.3 Å². The van der Waals surface area contributed by atoms with Crippen molar-refractivity contribution in [2.75, 3.05) is 0 Å². The van der Waals surface area contributed by atoms with Gasteiger partial charge in [-0.05, 0) is 6.42 Å². The molecule has 0 heterocycles. The maximum atomic E-state index is 9.47. The monoisotopic (exact) mass is 104 g/mol. The van der Waals surface area contributed by atoms with Gasteiger partial charge < -0.3 is 10.7 Å². The van der Waals surface area contributed by atoms with Crippen LogP contribution in [0.25, 0.3) is 0 Å². The van der Waals surface area contributed by atoms with Crippen LogP contribution in [0.5, 0.6) is 0 Å². The summed E-state index contributed by atoms with van der Waals surface area (Å²) >= 11 is 4.43. The fraction of sp³-hybridized carbons (Fsp3) is 0.667. The van der Waals surface area contributed by atoms with Crippen LogP contribution in [0, 0.1) is 5.21 Å². The Balaban J connectivity index is 2.99. The van der Waals surface area contributed by atoms with Crippen LogP contribution in [0.2, 0.25) is 0 Å². The molecule has 3 heteroatoms. The second-order valence-electron chi connectivity index (χ2n) is 0.879. The van der Waals surface area contributed by atoms with Gasteiger partial charge in [0.2, 0.25) is 0 Å². The molecule has 0 aromatic rings. The number of hydroxylamine groups is 1. The molecule has 0 aromatic heterocycles. The Hall–Kier alpha value is -0.150. The first-order valence-electron chi connectivity index (χ1n) is 1.72. The average molecular weight is 104 g/mol. The predicted molar refractivity (Wildman–Crippen MR) is 29.4 cm³/mol. The average Bonchev–Trinajstić information content (AvgIpc) is 1.65. The summed E-state index contributed by atoms with van der Waals surface area (Å²) in [5.41, 5.74) is 1.60. The zero-order valence-corrected chi connectivity index (χ0v) is 4.34. The fourth-order valence-electron chi connectivity index (χ4n) is 0.0722. The van der Waals surface area contributed by atoms with Crippen molar-refractivity contribution in [1.29, 1.82) is 0 Å². The van der Waals surface area contributed by atoms with Crippen molar-refractivity contribution in [2.45, 2.75) is 13.3 Å². The molecule has 0 bridgehead atoms. The lowest BCUT2D eigenvalue weighted by molar-refractivity contribution is 1.19. The molecule has 0 fully saturated rings.